The van der Waals surface area contributed by atoms with Gasteiger partial charge in [0.15, 0.2) is 0 Å². The summed E-state index contributed by atoms with van der Waals surface area (Å²) in [6.07, 6.45) is 5.12. The Labute approximate surface area is 71.7 Å². The Morgan fingerprint density at radius 2 is 1.50 bits per heavy atom. The van der Waals surface area contributed by atoms with Gasteiger partial charge in [-0.15, -0.1) is 0 Å². The molecule has 0 saturated carbocycles. The predicted molar refractivity (Wildman–Crippen MR) is 43.3 cm³/mol. The lowest BCUT2D eigenvalue weighted by Gasteiger charge is -2.37. The number of hydrogen-bond acceptors (Lipinski definition) is 2. The Kier molecular flexibility index (Phi) is 1.87. The van der Waals surface area contributed by atoms with Crippen LogP contribution in [0.1, 0.15) is 38.5 Å². The lowest BCUT2D eigenvalue weighted by molar-refractivity contribution is -0.152. The molecule has 0 aromatic carbocycles. The molecule has 0 aromatic heterocycles. The summed E-state index contributed by atoms with van der Waals surface area (Å²) < 4.78 is 0. The van der Waals surface area contributed by atoms with Gasteiger partial charge in [0.05, 0.1) is 0 Å². The van der Waals surface area contributed by atoms with Crippen LogP contribution in [0.3, 0.4) is 0 Å². The van der Waals surface area contributed by atoms with Crippen molar-refractivity contribution in [3.8, 4) is 0 Å². The van der Waals surface area contributed by atoms with Gasteiger partial charge in [0.25, 0.3) is 0 Å². The van der Waals surface area contributed by atoms with Gasteiger partial charge in [-0.25, -0.2) is 0 Å². The van der Waals surface area contributed by atoms with Gasteiger partial charge in [-0.1, -0.05) is 0 Å². The van der Waals surface area contributed by atoms with Crippen LogP contribution in [0.5, 0.6) is 0 Å². The fraction of sp³-hybridized carbons (Fsp3) is 0.778. The number of imide groups is 1. The summed E-state index contributed by atoms with van der Waals surface area (Å²) in [7, 11) is 0. The van der Waals surface area contributed by atoms with Crippen molar-refractivity contribution in [1.82, 2.24) is 4.90 Å². The lowest BCUT2D eigenvalue weighted by atomic mass is 9.92. The number of carbonyl (C=O) groups is 2. The number of carbonyl (C=O) groups excluding carboxylic acids is 2. The van der Waals surface area contributed by atoms with E-state index in [-0.39, 0.29) is 17.9 Å². The zero-order valence-electron chi connectivity index (χ0n) is 7.08. The number of hydrogen-bond donors (Lipinski definition) is 0. The van der Waals surface area contributed by atoms with E-state index in [2.05, 4.69) is 0 Å². The van der Waals surface area contributed by atoms with Crippen LogP contribution in [0.15, 0.2) is 0 Å². The molecule has 2 heterocycles. The molecule has 2 aliphatic heterocycles. The first-order chi connectivity index (χ1) is 5.79. The molecular formula is C9H13NO2. The van der Waals surface area contributed by atoms with Crippen LogP contribution in [0.4, 0.5) is 0 Å². The summed E-state index contributed by atoms with van der Waals surface area (Å²) in [5.74, 6) is 0.104. The molecule has 2 saturated heterocycles. The molecule has 0 aliphatic carbocycles. The van der Waals surface area contributed by atoms with Crippen LogP contribution in [0, 0.1) is 0 Å². The molecule has 2 aliphatic rings. The van der Waals surface area contributed by atoms with E-state index in [1.807, 2.05) is 0 Å². The van der Waals surface area contributed by atoms with Crippen molar-refractivity contribution in [3.63, 3.8) is 0 Å². The van der Waals surface area contributed by atoms with Gasteiger partial charge in [-0.05, 0) is 25.7 Å². The number of fused-ring (bicyclic) bond motifs is 1. The highest BCUT2D eigenvalue weighted by molar-refractivity contribution is 5.96. The quantitative estimate of drug-likeness (QED) is 0.506. The molecule has 0 spiro atoms. The molecule has 12 heavy (non-hydrogen) atoms. The second-order valence-corrected chi connectivity index (χ2v) is 3.60. The highest BCUT2D eigenvalue weighted by atomic mass is 16.2. The monoisotopic (exact) mass is 167 g/mol. The van der Waals surface area contributed by atoms with Crippen molar-refractivity contribution in [2.24, 2.45) is 0 Å². The fourth-order valence-electron chi connectivity index (χ4n) is 2.17. The van der Waals surface area contributed by atoms with E-state index in [1.165, 1.54) is 4.90 Å². The predicted octanol–water partition coefficient (Wildman–Crippen LogP) is 1.08. The van der Waals surface area contributed by atoms with Crippen LogP contribution < -0.4 is 0 Å². The molecule has 2 fully saturated rings. The number of rotatable bonds is 0. The normalized spacial score (nSPS) is 25.8. The average molecular weight is 167 g/mol. The van der Waals surface area contributed by atoms with Crippen LogP contribution >= 0.6 is 0 Å². The summed E-state index contributed by atoms with van der Waals surface area (Å²) in [5, 5.41) is 0. The van der Waals surface area contributed by atoms with Gasteiger partial charge in [0.2, 0.25) is 11.8 Å². The minimum Gasteiger partial charge on any atom is -0.280 e. The van der Waals surface area contributed by atoms with Crippen LogP contribution in [0.25, 0.3) is 0 Å². The third-order valence-corrected chi connectivity index (χ3v) is 2.76. The van der Waals surface area contributed by atoms with E-state index in [0.29, 0.717) is 12.8 Å². The molecule has 0 aromatic rings. The summed E-state index contributed by atoms with van der Waals surface area (Å²) in [6.45, 7) is 0. The van der Waals surface area contributed by atoms with E-state index in [0.717, 1.165) is 25.7 Å². The van der Waals surface area contributed by atoms with Gasteiger partial charge >= 0.3 is 0 Å². The average Bonchev–Trinajstić information content (AvgIpc) is 2.04. The Morgan fingerprint density at radius 3 is 1.92 bits per heavy atom. The second kappa shape index (κ2) is 2.88. The molecule has 0 N–H and O–H groups in total. The summed E-state index contributed by atoms with van der Waals surface area (Å²) >= 11 is 0. The van der Waals surface area contributed by atoms with E-state index in [9.17, 15) is 9.59 Å². The molecule has 3 heteroatoms. The van der Waals surface area contributed by atoms with E-state index >= 15 is 0 Å². The summed E-state index contributed by atoms with van der Waals surface area (Å²) in [4.78, 5) is 24.2. The minimum atomic E-state index is 0.0518. The smallest absolute Gasteiger partial charge is 0.229 e. The van der Waals surface area contributed by atoms with Crippen LogP contribution in [0.2, 0.25) is 0 Å². The first-order valence-electron chi connectivity index (χ1n) is 4.64. The maximum absolute atomic E-state index is 11.3. The molecular weight excluding hydrogens is 154 g/mol. The van der Waals surface area contributed by atoms with E-state index in [1.54, 1.807) is 0 Å². The van der Waals surface area contributed by atoms with Gasteiger partial charge in [0, 0.05) is 18.9 Å². The third-order valence-electron chi connectivity index (χ3n) is 2.76. The Balaban J connectivity index is 2.17. The molecule has 66 valence electrons. The van der Waals surface area contributed by atoms with Gasteiger partial charge in [0.1, 0.15) is 0 Å². The molecule has 0 bridgehead atoms. The topological polar surface area (TPSA) is 37.4 Å². The summed E-state index contributed by atoms with van der Waals surface area (Å²) in [6, 6.07) is 0.243. The molecule has 2 rings (SSSR count). The number of nitrogens with zero attached hydrogens (tertiary/aromatic N) is 1. The van der Waals surface area contributed by atoms with Crippen molar-refractivity contribution in [1.29, 1.82) is 0 Å². The molecule has 3 nitrogen and oxygen atoms in total. The first kappa shape index (κ1) is 7.77. The zero-order chi connectivity index (χ0) is 8.55. The SMILES string of the molecule is O=C1CCCC2CCCC(=O)N12. The molecule has 0 radical (unpaired) electrons. The maximum Gasteiger partial charge on any atom is 0.229 e. The molecule has 0 atom stereocenters. The van der Waals surface area contributed by atoms with Crippen molar-refractivity contribution in [3.05, 3.63) is 0 Å². The molecule has 0 unspecified atom stereocenters. The van der Waals surface area contributed by atoms with Crippen molar-refractivity contribution < 1.29 is 9.59 Å². The highest BCUT2D eigenvalue weighted by Crippen LogP contribution is 2.27. The van der Waals surface area contributed by atoms with Crippen LogP contribution in [-0.4, -0.2) is 22.8 Å². The second-order valence-electron chi connectivity index (χ2n) is 3.60. The van der Waals surface area contributed by atoms with Gasteiger partial charge in [-0.3, -0.25) is 14.5 Å². The maximum atomic E-state index is 11.3. The van der Waals surface area contributed by atoms with E-state index < -0.39 is 0 Å². The Hall–Kier alpha value is -0.860. The third kappa shape index (κ3) is 1.13. The lowest BCUT2D eigenvalue weighted by Crippen LogP contribution is -2.49. The highest BCUT2D eigenvalue weighted by Gasteiger charge is 2.35. The Morgan fingerprint density at radius 1 is 1.00 bits per heavy atom. The summed E-state index contributed by atoms with van der Waals surface area (Å²) in [5.41, 5.74) is 0. The van der Waals surface area contributed by atoms with Gasteiger partial charge in [-0.2, -0.15) is 0 Å². The van der Waals surface area contributed by atoms with Crippen LogP contribution in [-0.2, 0) is 9.59 Å². The van der Waals surface area contributed by atoms with Crippen molar-refractivity contribution >= 4 is 11.8 Å². The number of amides is 2. The zero-order valence-corrected chi connectivity index (χ0v) is 7.08. The first-order valence-corrected chi connectivity index (χ1v) is 4.64. The standard InChI is InChI=1S/C9H13NO2/c11-8-5-1-3-7-4-2-6-9(12)10(7)8/h7H,1-6H2. The minimum absolute atomic E-state index is 0.0518. The van der Waals surface area contributed by atoms with Crippen molar-refractivity contribution in [2.45, 2.75) is 44.6 Å². The molecule has 2 amide bonds. The van der Waals surface area contributed by atoms with E-state index in [4.69, 9.17) is 0 Å². The largest absolute Gasteiger partial charge is 0.280 e. The Bertz CT molecular complexity index is 203. The number of piperidine rings is 2. The van der Waals surface area contributed by atoms with Gasteiger partial charge < -0.3 is 0 Å². The van der Waals surface area contributed by atoms with Crippen molar-refractivity contribution in [2.75, 3.05) is 0 Å². The fourth-order valence-corrected chi connectivity index (χ4v) is 2.17.